The van der Waals surface area contributed by atoms with Gasteiger partial charge in [-0.2, -0.15) is 8.42 Å². The normalized spacial score (nSPS) is 14.8. The predicted octanol–water partition coefficient (Wildman–Crippen LogP) is 1.70. The number of carbonyl (C=O) groups excluding carboxylic acids is 1. The highest BCUT2D eigenvalue weighted by Crippen LogP contribution is 2.21. The second-order valence-electron chi connectivity index (χ2n) is 6.64. The molecule has 6 nitrogen and oxygen atoms in total. The molecule has 7 heteroatoms. The molecule has 126 valence electrons. The van der Waals surface area contributed by atoms with Gasteiger partial charge in [-0.15, -0.1) is 0 Å². The molecule has 21 heavy (non-hydrogen) atoms. The summed E-state index contributed by atoms with van der Waals surface area (Å²) in [5.74, 6) is -0.463. The minimum absolute atomic E-state index is 0.171. The van der Waals surface area contributed by atoms with Crippen molar-refractivity contribution in [1.82, 2.24) is 5.32 Å². The van der Waals surface area contributed by atoms with E-state index in [4.69, 9.17) is 8.92 Å². The van der Waals surface area contributed by atoms with Crippen LogP contribution in [0.4, 0.5) is 0 Å². The summed E-state index contributed by atoms with van der Waals surface area (Å²) < 4.78 is 33.9. The van der Waals surface area contributed by atoms with Crippen molar-refractivity contribution in [2.24, 2.45) is 5.41 Å². The van der Waals surface area contributed by atoms with E-state index in [9.17, 15) is 13.2 Å². The van der Waals surface area contributed by atoms with Crippen LogP contribution in [0.3, 0.4) is 0 Å². The molecule has 0 aromatic rings. The van der Waals surface area contributed by atoms with Gasteiger partial charge >= 0.3 is 0 Å². The van der Waals surface area contributed by atoms with Crippen molar-refractivity contribution >= 4 is 16.0 Å². The van der Waals surface area contributed by atoms with Crippen molar-refractivity contribution in [3.05, 3.63) is 0 Å². The zero-order valence-electron chi connectivity index (χ0n) is 14.1. The Hall–Kier alpha value is -0.660. The summed E-state index contributed by atoms with van der Waals surface area (Å²) in [7, 11) is -2.28. The number of amides is 1. The standard InChI is InChI=1S/C14H29NO5S/c1-8-13(3,4)12(16)15-14(5,6)10-21(17,18)20-11(2)9-19-7/h11H,8-10H2,1-7H3,(H,15,16). The third-order valence-corrected chi connectivity index (χ3v) is 4.90. The summed E-state index contributed by atoms with van der Waals surface area (Å²) in [6.07, 6.45) is 0.113. The van der Waals surface area contributed by atoms with E-state index in [-0.39, 0.29) is 18.3 Å². The average Bonchev–Trinajstić information content (AvgIpc) is 2.25. The van der Waals surface area contributed by atoms with Gasteiger partial charge in [0, 0.05) is 12.5 Å². The van der Waals surface area contributed by atoms with Crippen molar-refractivity contribution in [2.45, 2.75) is 59.6 Å². The summed E-state index contributed by atoms with van der Waals surface area (Å²) in [4.78, 5) is 12.2. The molecule has 0 aromatic carbocycles. The van der Waals surface area contributed by atoms with E-state index < -0.39 is 27.2 Å². The Morgan fingerprint density at radius 3 is 2.19 bits per heavy atom. The first-order chi connectivity index (χ1) is 9.35. The zero-order valence-corrected chi connectivity index (χ0v) is 15.0. The Balaban J connectivity index is 4.77. The number of rotatable bonds is 9. The average molecular weight is 323 g/mol. The maximum Gasteiger partial charge on any atom is 0.269 e. The van der Waals surface area contributed by atoms with Crippen molar-refractivity contribution in [2.75, 3.05) is 19.5 Å². The van der Waals surface area contributed by atoms with Gasteiger partial charge in [0.1, 0.15) is 0 Å². The lowest BCUT2D eigenvalue weighted by molar-refractivity contribution is -0.130. The lowest BCUT2D eigenvalue weighted by Gasteiger charge is -2.31. The molecule has 1 atom stereocenters. The minimum atomic E-state index is -3.75. The van der Waals surface area contributed by atoms with Crippen molar-refractivity contribution < 1.29 is 22.1 Å². The van der Waals surface area contributed by atoms with Crippen LogP contribution in [0, 0.1) is 5.41 Å². The number of nitrogens with one attached hydrogen (secondary N) is 1. The number of methoxy groups -OCH3 is 1. The number of carbonyl (C=O) groups is 1. The molecule has 0 fully saturated rings. The van der Waals surface area contributed by atoms with Crippen LogP contribution in [0.5, 0.6) is 0 Å². The van der Waals surface area contributed by atoms with Gasteiger partial charge in [0.2, 0.25) is 5.91 Å². The summed E-state index contributed by atoms with van der Waals surface area (Å²) >= 11 is 0. The van der Waals surface area contributed by atoms with Crippen LogP contribution in [0.15, 0.2) is 0 Å². The highest BCUT2D eigenvalue weighted by molar-refractivity contribution is 7.86. The minimum Gasteiger partial charge on any atom is -0.382 e. The fourth-order valence-corrected chi connectivity index (χ4v) is 3.24. The number of ether oxygens (including phenoxy) is 1. The highest BCUT2D eigenvalue weighted by Gasteiger charge is 2.34. The van der Waals surface area contributed by atoms with Crippen LogP contribution in [0.2, 0.25) is 0 Å². The third-order valence-electron chi connectivity index (χ3n) is 3.20. The molecular weight excluding hydrogens is 294 g/mol. The van der Waals surface area contributed by atoms with E-state index in [2.05, 4.69) is 5.32 Å². The van der Waals surface area contributed by atoms with E-state index >= 15 is 0 Å². The smallest absolute Gasteiger partial charge is 0.269 e. The molecule has 1 unspecified atom stereocenters. The van der Waals surface area contributed by atoms with Crippen LogP contribution in [0.25, 0.3) is 0 Å². The Bertz CT molecular complexity index is 442. The predicted molar refractivity (Wildman–Crippen MR) is 82.5 cm³/mol. The third kappa shape index (κ3) is 7.78. The molecule has 1 N–H and O–H groups in total. The molecule has 0 aromatic heterocycles. The maximum absolute atomic E-state index is 12.2. The summed E-state index contributed by atoms with van der Waals surface area (Å²) in [5, 5.41) is 2.78. The molecule has 0 bridgehead atoms. The number of hydrogen-bond donors (Lipinski definition) is 1. The van der Waals surface area contributed by atoms with Crippen LogP contribution in [-0.4, -0.2) is 45.4 Å². The Morgan fingerprint density at radius 2 is 1.76 bits per heavy atom. The molecule has 0 spiro atoms. The van der Waals surface area contributed by atoms with Gasteiger partial charge in [-0.25, -0.2) is 0 Å². The van der Waals surface area contributed by atoms with Crippen molar-refractivity contribution in [1.29, 1.82) is 0 Å². The number of hydrogen-bond acceptors (Lipinski definition) is 5. The molecular formula is C14H29NO5S. The van der Waals surface area contributed by atoms with E-state index in [1.807, 2.05) is 20.8 Å². The van der Waals surface area contributed by atoms with E-state index in [0.717, 1.165) is 0 Å². The largest absolute Gasteiger partial charge is 0.382 e. The molecule has 0 aliphatic carbocycles. The zero-order chi connectivity index (χ0) is 16.9. The van der Waals surface area contributed by atoms with Gasteiger partial charge in [0.05, 0.1) is 24.0 Å². The lowest BCUT2D eigenvalue weighted by atomic mass is 9.88. The Labute approximate surface area is 128 Å². The summed E-state index contributed by atoms with van der Waals surface area (Å²) in [5.41, 5.74) is -1.44. The monoisotopic (exact) mass is 323 g/mol. The first-order valence-corrected chi connectivity index (χ1v) is 8.65. The van der Waals surface area contributed by atoms with E-state index in [1.54, 1.807) is 20.8 Å². The molecule has 0 saturated heterocycles. The van der Waals surface area contributed by atoms with Crippen LogP contribution in [0.1, 0.15) is 48.0 Å². The molecule has 0 heterocycles. The second-order valence-corrected chi connectivity index (χ2v) is 8.24. The van der Waals surface area contributed by atoms with Crippen LogP contribution < -0.4 is 5.32 Å². The second kappa shape index (κ2) is 7.56. The van der Waals surface area contributed by atoms with Gasteiger partial charge in [0.25, 0.3) is 10.1 Å². The molecule has 1 amide bonds. The first kappa shape index (κ1) is 20.3. The van der Waals surface area contributed by atoms with Gasteiger partial charge < -0.3 is 10.1 Å². The topological polar surface area (TPSA) is 81.7 Å². The van der Waals surface area contributed by atoms with Crippen LogP contribution in [-0.2, 0) is 23.8 Å². The van der Waals surface area contributed by atoms with Crippen LogP contribution >= 0.6 is 0 Å². The van der Waals surface area contributed by atoms with E-state index in [0.29, 0.717) is 6.42 Å². The van der Waals surface area contributed by atoms with Gasteiger partial charge in [-0.3, -0.25) is 8.98 Å². The first-order valence-electron chi connectivity index (χ1n) is 7.08. The van der Waals surface area contributed by atoms with Gasteiger partial charge in [-0.05, 0) is 27.2 Å². The lowest BCUT2D eigenvalue weighted by Crippen LogP contribution is -2.52. The van der Waals surface area contributed by atoms with Gasteiger partial charge in [-0.1, -0.05) is 20.8 Å². The molecule has 0 rings (SSSR count). The molecule has 0 saturated carbocycles. The molecule has 0 radical (unpaired) electrons. The Kier molecular flexibility index (Phi) is 7.32. The van der Waals surface area contributed by atoms with Gasteiger partial charge in [0.15, 0.2) is 0 Å². The molecule has 0 aliphatic heterocycles. The summed E-state index contributed by atoms with van der Waals surface area (Å²) in [6, 6.07) is 0. The summed E-state index contributed by atoms with van der Waals surface area (Å²) in [6.45, 7) is 10.7. The van der Waals surface area contributed by atoms with Crippen molar-refractivity contribution in [3.8, 4) is 0 Å². The quantitative estimate of drug-likeness (QED) is 0.653. The highest BCUT2D eigenvalue weighted by atomic mass is 32.2. The Morgan fingerprint density at radius 1 is 1.24 bits per heavy atom. The fourth-order valence-electron chi connectivity index (χ4n) is 1.66. The maximum atomic E-state index is 12.2. The van der Waals surface area contributed by atoms with Crippen molar-refractivity contribution in [3.63, 3.8) is 0 Å². The fraction of sp³-hybridized carbons (Fsp3) is 0.929. The molecule has 0 aliphatic rings. The SMILES string of the molecule is CCC(C)(C)C(=O)NC(C)(C)CS(=O)(=O)OC(C)COC. The van der Waals surface area contributed by atoms with E-state index in [1.165, 1.54) is 7.11 Å².